The molecule has 0 heterocycles. The maximum absolute atomic E-state index is 10.7. The number of hydrogen-bond donors (Lipinski definition) is 3. The molecule has 0 aromatic heterocycles. The van der Waals surface area contributed by atoms with E-state index in [1.54, 1.807) is 6.07 Å². The number of nitrogens with zero attached hydrogens (tertiary/aromatic N) is 1. The second-order valence-electron chi connectivity index (χ2n) is 3.36. The molecule has 0 radical (unpaired) electrons. The highest BCUT2D eigenvalue weighted by molar-refractivity contribution is 5.58. The maximum Gasteiger partial charge on any atom is 0.312 e. The number of aliphatic hydroxyl groups is 2. The van der Waals surface area contributed by atoms with E-state index >= 15 is 0 Å². The maximum atomic E-state index is 10.7. The molecule has 0 fully saturated rings. The highest BCUT2D eigenvalue weighted by atomic mass is 16.6. The smallest absolute Gasteiger partial charge is 0.312 e. The summed E-state index contributed by atoms with van der Waals surface area (Å²) in [5.74, 6) is 0.170. The van der Waals surface area contributed by atoms with Crippen molar-refractivity contribution >= 4 is 11.4 Å². The summed E-state index contributed by atoms with van der Waals surface area (Å²) in [6.45, 7) is -0.259. The third-order valence-electron chi connectivity index (χ3n) is 2.13. The Morgan fingerprint density at radius 1 is 1.59 bits per heavy atom. The van der Waals surface area contributed by atoms with Crippen molar-refractivity contribution in [2.24, 2.45) is 0 Å². The van der Waals surface area contributed by atoms with Gasteiger partial charge in [-0.1, -0.05) is 0 Å². The fraction of sp³-hybridized carbons (Fsp3) is 0.400. The third kappa shape index (κ3) is 3.58. The van der Waals surface area contributed by atoms with Gasteiger partial charge in [0.25, 0.3) is 0 Å². The third-order valence-corrected chi connectivity index (χ3v) is 2.13. The molecule has 94 valence electrons. The molecule has 17 heavy (non-hydrogen) atoms. The largest absolute Gasteiger partial charge is 0.490 e. The Balaban J connectivity index is 2.81. The minimum Gasteiger partial charge on any atom is -0.490 e. The molecule has 0 bridgehead atoms. The van der Waals surface area contributed by atoms with Gasteiger partial charge in [-0.2, -0.15) is 0 Å². The van der Waals surface area contributed by atoms with E-state index in [0.717, 1.165) is 0 Å². The number of benzene rings is 1. The number of nitrogens with one attached hydrogen (secondary N) is 1. The lowest BCUT2D eigenvalue weighted by atomic mass is 10.2. The van der Waals surface area contributed by atoms with Crippen molar-refractivity contribution in [3.8, 4) is 5.75 Å². The lowest BCUT2D eigenvalue weighted by Gasteiger charge is -2.10. The molecular formula is C10H14N2O5. The number of ether oxygens (including phenoxy) is 1. The molecule has 0 aliphatic carbocycles. The predicted molar refractivity (Wildman–Crippen MR) is 61.2 cm³/mol. The molecule has 7 heteroatoms. The molecule has 1 unspecified atom stereocenters. The molecule has 0 spiro atoms. The Labute approximate surface area is 97.8 Å². The molecule has 0 saturated carbocycles. The summed E-state index contributed by atoms with van der Waals surface area (Å²) in [6.07, 6.45) is -0.906. The van der Waals surface area contributed by atoms with Gasteiger partial charge >= 0.3 is 5.69 Å². The van der Waals surface area contributed by atoms with Crippen molar-refractivity contribution in [2.75, 3.05) is 25.6 Å². The number of anilines is 1. The first kappa shape index (κ1) is 13.2. The molecule has 1 aromatic rings. The van der Waals surface area contributed by atoms with Gasteiger partial charge in [0.05, 0.1) is 24.7 Å². The van der Waals surface area contributed by atoms with Gasteiger partial charge in [0.2, 0.25) is 0 Å². The summed E-state index contributed by atoms with van der Waals surface area (Å²) in [6, 6.07) is 4.37. The van der Waals surface area contributed by atoms with Crippen molar-refractivity contribution in [3.63, 3.8) is 0 Å². The van der Waals surface area contributed by atoms with Crippen molar-refractivity contribution in [2.45, 2.75) is 6.10 Å². The summed E-state index contributed by atoms with van der Waals surface area (Å²) >= 11 is 0. The van der Waals surface area contributed by atoms with E-state index in [0.29, 0.717) is 5.69 Å². The lowest BCUT2D eigenvalue weighted by Crippen LogP contribution is -2.22. The van der Waals surface area contributed by atoms with E-state index in [2.05, 4.69) is 5.32 Å². The quantitative estimate of drug-likeness (QED) is 0.491. The highest BCUT2D eigenvalue weighted by Crippen LogP contribution is 2.29. The average molecular weight is 242 g/mol. The fourth-order valence-corrected chi connectivity index (χ4v) is 1.24. The van der Waals surface area contributed by atoms with Crippen LogP contribution in [0.3, 0.4) is 0 Å². The highest BCUT2D eigenvalue weighted by Gasteiger charge is 2.15. The van der Waals surface area contributed by atoms with Gasteiger partial charge in [-0.05, 0) is 12.1 Å². The Hall–Kier alpha value is -1.86. The van der Waals surface area contributed by atoms with E-state index in [-0.39, 0.29) is 24.6 Å². The van der Waals surface area contributed by atoms with E-state index in [1.165, 1.54) is 19.2 Å². The van der Waals surface area contributed by atoms with Crippen LogP contribution in [0.15, 0.2) is 18.2 Å². The number of nitro benzene ring substituents is 1. The Morgan fingerprint density at radius 2 is 2.29 bits per heavy atom. The molecule has 0 amide bonds. The summed E-state index contributed by atoms with van der Waals surface area (Å²) in [5.41, 5.74) is 0.320. The van der Waals surface area contributed by atoms with Gasteiger partial charge in [-0.3, -0.25) is 10.1 Å². The molecule has 1 rings (SSSR count). The Kier molecular flexibility index (Phi) is 4.68. The minimum atomic E-state index is -0.906. The van der Waals surface area contributed by atoms with Crippen LogP contribution < -0.4 is 10.1 Å². The van der Waals surface area contributed by atoms with Gasteiger partial charge in [-0.15, -0.1) is 0 Å². The monoisotopic (exact) mass is 242 g/mol. The van der Waals surface area contributed by atoms with Crippen LogP contribution in [0.1, 0.15) is 0 Å². The first-order valence-corrected chi connectivity index (χ1v) is 4.93. The van der Waals surface area contributed by atoms with Crippen LogP contribution in [0.4, 0.5) is 11.4 Å². The van der Waals surface area contributed by atoms with Crippen LogP contribution in [0.25, 0.3) is 0 Å². The molecule has 0 saturated heterocycles. The van der Waals surface area contributed by atoms with Crippen molar-refractivity contribution < 1.29 is 19.9 Å². The van der Waals surface area contributed by atoms with Crippen molar-refractivity contribution in [3.05, 3.63) is 28.3 Å². The zero-order chi connectivity index (χ0) is 12.8. The normalized spacial score (nSPS) is 11.9. The molecule has 3 N–H and O–H groups in total. The average Bonchev–Trinajstić information content (AvgIpc) is 2.35. The van der Waals surface area contributed by atoms with Crippen LogP contribution in [-0.4, -0.2) is 41.5 Å². The molecule has 7 nitrogen and oxygen atoms in total. The first-order valence-electron chi connectivity index (χ1n) is 4.93. The van der Waals surface area contributed by atoms with Gasteiger partial charge < -0.3 is 20.3 Å². The summed E-state index contributed by atoms with van der Waals surface area (Å²) in [4.78, 5) is 10.2. The number of aliphatic hydroxyl groups excluding tert-OH is 2. The van der Waals surface area contributed by atoms with Crippen LogP contribution >= 0.6 is 0 Å². The van der Waals surface area contributed by atoms with E-state index < -0.39 is 11.0 Å². The van der Waals surface area contributed by atoms with E-state index in [1.807, 2.05) is 0 Å². The molecule has 1 atom stereocenters. The number of rotatable bonds is 6. The van der Waals surface area contributed by atoms with Crippen molar-refractivity contribution in [1.29, 1.82) is 0 Å². The summed E-state index contributed by atoms with van der Waals surface area (Å²) in [7, 11) is 1.35. The molecule has 0 aliphatic rings. The van der Waals surface area contributed by atoms with Crippen LogP contribution in [0.5, 0.6) is 5.75 Å². The number of hydrogen-bond acceptors (Lipinski definition) is 6. The van der Waals surface area contributed by atoms with Gasteiger partial charge in [0, 0.05) is 18.3 Å². The molecule has 0 aliphatic heterocycles. The summed E-state index contributed by atoms with van der Waals surface area (Å²) < 4.78 is 4.85. The minimum absolute atomic E-state index is 0.111. The van der Waals surface area contributed by atoms with Gasteiger partial charge in [0.15, 0.2) is 5.75 Å². The van der Waals surface area contributed by atoms with E-state index in [4.69, 9.17) is 14.9 Å². The van der Waals surface area contributed by atoms with Gasteiger partial charge in [0.1, 0.15) is 0 Å². The number of nitro groups is 1. The first-order chi connectivity index (χ1) is 8.08. The standard InChI is InChI=1S/C10H14N2O5/c1-17-10-3-2-7(4-9(10)12(15)16)11-5-8(14)6-13/h2-4,8,11,13-14H,5-6H2,1H3. The van der Waals surface area contributed by atoms with Crippen molar-refractivity contribution in [1.82, 2.24) is 0 Å². The second kappa shape index (κ2) is 6.02. The predicted octanol–water partition coefficient (Wildman–Crippen LogP) is 0.368. The Bertz CT molecular complexity index is 396. The summed E-state index contributed by atoms with van der Waals surface area (Å²) in [5, 5.41) is 31.3. The Morgan fingerprint density at radius 3 is 2.82 bits per heavy atom. The SMILES string of the molecule is COc1ccc(NCC(O)CO)cc1[N+](=O)[O-]. The number of methoxy groups -OCH3 is 1. The van der Waals surface area contributed by atoms with Crippen LogP contribution in [0, 0.1) is 10.1 Å². The van der Waals surface area contributed by atoms with Crippen LogP contribution in [0.2, 0.25) is 0 Å². The zero-order valence-corrected chi connectivity index (χ0v) is 9.29. The topological polar surface area (TPSA) is 105 Å². The zero-order valence-electron chi connectivity index (χ0n) is 9.29. The molecular weight excluding hydrogens is 228 g/mol. The fourth-order valence-electron chi connectivity index (χ4n) is 1.24. The molecule has 1 aromatic carbocycles. The second-order valence-corrected chi connectivity index (χ2v) is 3.36. The van der Waals surface area contributed by atoms with Crippen LogP contribution in [-0.2, 0) is 0 Å². The van der Waals surface area contributed by atoms with Gasteiger partial charge in [-0.25, -0.2) is 0 Å². The van der Waals surface area contributed by atoms with E-state index in [9.17, 15) is 10.1 Å². The lowest BCUT2D eigenvalue weighted by molar-refractivity contribution is -0.385.